The Morgan fingerprint density at radius 1 is 1.22 bits per heavy atom. The van der Waals surface area contributed by atoms with Gasteiger partial charge < -0.3 is 19.9 Å². The van der Waals surface area contributed by atoms with Crippen LogP contribution in [0, 0.1) is 0 Å². The Balaban J connectivity index is 1.59. The van der Waals surface area contributed by atoms with E-state index in [-0.39, 0.29) is 0 Å². The van der Waals surface area contributed by atoms with E-state index in [9.17, 15) is 5.11 Å². The van der Waals surface area contributed by atoms with Crippen molar-refractivity contribution in [2.24, 2.45) is 0 Å². The van der Waals surface area contributed by atoms with Gasteiger partial charge in [-0.25, -0.2) is 0 Å². The molecule has 2 N–H and O–H groups in total. The number of aliphatic hydroxyl groups is 1. The first-order valence-electron chi connectivity index (χ1n) is 6.57. The molecule has 4 nitrogen and oxygen atoms in total. The second-order valence-corrected chi connectivity index (χ2v) is 5.19. The SMILES string of the molecule is OC1(CNCc2cccc3c2OCO3)CCCC1. The van der Waals surface area contributed by atoms with Gasteiger partial charge in [0.25, 0.3) is 0 Å². The lowest BCUT2D eigenvalue weighted by atomic mass is 10.0. The van der Waals surface area contributed by atoms with Gasteiger partial charge in [0.15, 0.2) is 11.5 Å². The monoisotopic (exact) mass is 249 g/mol. The third kappa shape index (κ3) is 2.31. The summed E-state index contributed by atoms with van der Waals surface area (Å²) in [5.74, 6) is 1.65. The van der Waals surface area contributed by atoms with Gasteiger partial charge in [-0.15, -0.1) is 0 Å². The molecule has 1 aromatic carbocycles. The number of ether oxygens (including phenoxy) is 2. The molecule has 0 spiro atoms. The maximum atomic E-state index is 10.2. The van der Waals surface area contributed by atoms with Crippen LogP contribution in [0.3, 0.4) is 0 Å². The summed E-state index contributed by atoms with van der Waals surface area (Å²) in [6.45, 7) is 1.66. The van der Waals surface area contributed by atoms with E-state index in [4.69, 9.17) is 9.47 Å². The van der Waals surface area contributed by atoms with E-state index in [0.29, 0.717) is 19.9 Å². The first-order valence-corrected chi connectivity index (χ1v) is 6.57. The highest BCUT2D eigenvalue weighted by Gasteiger charge is 2.30. The van der Waals surface area contributed by atoms with Crippen LogP contribution in [0.2, 0.25) is 0 Å². The van der Waals surface area contributed by atoms with Crippen LogP contribution in [0.4, 0.5) is 0 Å². The molecule has 1 aliphatic heterocycles. The summed E-state index contributed by atoms with van der Waals surface area (Å²) < 4.78 is 10.8. The van der Waals surface area contributed by atoms with Crippen molar-refractivity contribution < 1.29 is 14.6 Å². The number of hydrogen-bond acceptors (Lipinski definition) is 4. The highest BCUT2D eigenvalue weighted by Crippen LogP contribution is 2.35. The molecule has 0 atom stereocenters. The summed E-state index contributed by atoms with van der Waals surface area (Å²) in [7, 11) is 0. The number of nitrogens with one attached hydrogen (secondary N) is 1. The van der Waals surface area contributed by atoms with E-state index in [1.807, 2.05) is 18.2 Å². The van der Waals surface area contributed by atoms with Crippen molar-refractivity contribution in [2.75, 3.05) is 13.3 Å². The zero-order valence-electron chi connectivity index (χ0n) is 10.4. The minimum Gasteiger partial charge on any atom is -0.454 e. The van der Waals surface area contributed by atoms with Crippen LogP contribution < -0.4 is 14.8 Å². The molecule has 3 rings (SSSR count). The average Bonchev–Trinajstić information content (AvgIpc) is 2.98. The summed E-state index contributed by atoms with van der Waals surface area (Å²) in [6, 6.07) is 5.91. The molecule has 98 valence electrons. The Labute approximate surface area is 107 Å². The van der Waals surface area contributed by atoms with E-state index < -0.39 is 5.60 Å². The molecule has 0 saturated heterocycles. The third-order valence-corrected chi connectivity index (χ3v) is 3.78. The molecule has 0 amide bonds. The molecule has 4 heteroatoms. The normalized spacial score (nSPS) is 20.3. The van der Waals surface area contributed by atoms with Gasteiger partial charge in [-0.2, -0.15) is 0 Å². The van der Waals surface area contributed by atoms with E-state index in [1.54, 1.807) is 0 Å². The third-order valence-electron chi connectivity index (χ3n) is 3.78. The van der Waals surface area contributed by atoms with Gasteiger partial charge in [-0.05, 0) is 18.9 Å². The van der Waals surface area contributed by atoms with E-state index in [1.165, 1.54) is 0 Å². The minimum atomic E-state index is -0.505. The lowest BCUT2D eigenvalue weighted by Crippen LogP contribution is -2.37. The largest absolute Gasteiger partial charge is 0.454 e. The van der Waals surface area contributed by atoms with Crippen molar-refractivity contribution in [1.82, 2.24) is 5.32 Å². The molecule has 1 fully saturated rings. The van der Waals surface area contributed by atoms with Crippen LogP contribution in [0.15, 0.2) is 18.2 Å². The Morgan fingerprint density at radius 2 is 2.06 bits per heavy atom. The maximum Gasteiger partial charge on any atom is 0.231 e. The van der Waals surface area contributed by atoms with Crippen LogP contribution in [0.5, 0.6) is 11.5 Å². The van der Waals surface area contributed by atoms with Crippen LogP contribution >= 0.6 is 0 Å². The zero-order chi connectivity index (χ0) is 12.4. The molecule has 18 heavy (non-hydrogen) atoms. The fourth-order valence-electron chi connectivity index (χ4n) is 2.77. The van der Waals surface area contributed by atoms with Gasteiger partial charge in [0, 0.05) is 18.7 Å². The van der Waals surface area contributed by atoms with Gasteiger partial charge in [-0.1, -0.05) is 25.0 Å². The lowest BCUT2D eigenvalue weighted by Gasteiger charge is -2.22. The second-order valence-electron chi connectivity index (χ2n) is 5.19. The maximum absolute atomic E-state index is 10.2. The molecule has 1 aliphatic carbocycles. The Hall–Kier alpha value is -1.26. The standard InChI is InChI=1S/C14H19NO3/c16-14(6-1-2-7-14)9-15-8-11-4-3-5-12-13(11)18-10-17-12/h3-5,15-16H,1-2,6-10H2. The molecule has 1 heterocycles. The number of benzene rings is 1. The number of hydrogen-bond donors (Lipinski definition) is 2. The summed E-state index contributed by atoms with van der Waals surface area (Å²) in [5, 5.41) is 13.6. The fourth-order valence-corrected chi connectivity index (χ4v) is 2.77. The molecule has 0 radical (unpaired) electrons. The van der Waals surface area contributed by atoms with Gasteiger partial charge in [0.05, 0.1) is 5.60 Å². The van der Waals surface area contributed by atoms with Gasteiger partial charge in [-0.3, -0.25) is 0 Å². The Kier molecular flexibility index (Phi) is 3.14. The molecular formula is C14H19NO3. The van der Waals surface area contributed by atoms with Crippen molar-refractivity contribution in [2.45, 2.75) is 37.8 Å². The van der Waals surface area contributed by atoms with Gasteiger partial charge in [0.1, 0.15) is 0 Å². The van der Waals surface area contributed by atoms with Gasteiger partial charge >= 0.3 is 0 Å². The van der Waals surface area contributed by atoms with Crippen LogP contribution in [-0.2, 0) is 6.54 Å². The fraction of sp³-hybridized carbons (Fsp3) is 0.571. The first kappa shape index (κ1) is 11.8. The molecule has 1 aromatic rings. The molecule has 0 unspecified atom stereocenters. The van der Waals surface area contributed by atoms with E-state index >= 15 is 0 Å². The first-order chi connectivity index (χ1) is 8.77. The smallest absolute Gasteiger partial charge is 0.231 e. The minimum absolute atomic E-state index is 0.302. The summed E-state index contributed by atoms with van der Waals surface area (Å²) in [5.41, 5.74) is 0.585. The van der Waals surface area contributed by atoms with E-state index in [0.717, 1.165) is 42.7 Å². The lowest BCUT2D eigenvalue weighted by molar-refractivity contribution is 0.0474. The van der Waals surface area contributed by atoms with Crippen LogP contribution in [0.1, 0.15) is 31.2 Å². The predicted octanol–water partition coefficient (Wildman–Crippen LogP) is 1.81. The average molecular weight is 249 g/mol. The van der Waals surface area contributed by atoms with Crippen molar-refractivity contribution in [3.8, 4) is 11.5 Å². The zero-order valence-corrected chi connectivity index (χ0v) is 10.4. The topological polar surface area (TPSA) is 50.7 Å². The summed E-state index contributed by atoms with van der Waals surface area (Å²) in [4.78, 5) is 0. The quantitative estimate of drug-likeness (QED) is 0.854. The Bertz CT molecular complexity index is 427. The number of rotatable bonds is 4. The highest BCUT2D eigenvalue weighted by molar-refractivity contribution is 5.48. The van der Waals surface area contributed by atoms with Crippen molar-refractivity contribution in [1.29, 1.82) is 0 Å². The molecule has 2 aliphatic rings. The number of fused-ring (bicyclic) bond motifs is 1. The van der Waals surface area contributed by atoms with Crippen molar-refractivity contribution >= 4 is 0 Å². The van der Waals surface area contributed by atoms with Crippen LogP contribution in [-0.4, -0.2) is 24.0 Å². The van der Waals surface area contributed by atoms with Crippen molar-refractivity contribution in [3.63, 3.8) is 0 Å². The van der Waals surface area contributed by atoms with Crippen molar-refractivity contribution in [3.05, 3.63) is 23.8 Å². The molecule has 0 bridgehead atoms. The van der Waals surface area contributed by atoms with Crippen LogP contribution in [0.25, 0.3) is 0 Å². The number of para-hydroxylation sites is 1. The van der Waals surface area contributed by atoms with Gasteiger partial charge in [0.2, 0.25) is 6.79 Å². The molecule has 0 aromatic heterocycles. The second kappa shape index (κ2) is 4.78. The highest BCUT2D eigenvalue weighted by atomic mass is 16.7. The summed E-state index contributed by atoms with van der Waals surface area (Å²) >= 11 is 0. The molecular weight excluding hydrogens is 230 g/mol. The molecule has 1 saturated carbocycles. The van der Waals surface area contributed by atoms with E-state index in [2.05, 4.69) is 5.32 Å². The Morgan fingerprint density at radius 3 is 2.89 bits per heavy atom. The summed E-state index contributed by atoms with van der Waals surface area (Å²) in [6.07, 6.45) is 4.09. The predicted molar refractivity (Wildman–Crippen MR) is 67.7 cm³/mol.